The number of nitrogens with one attached hydrogen (secondary N) is 2. The SMILES string of the molecule is Cn1cc(C=CC(=O)NCc2nc3ccccc3[nH]2)cn1. The number of benzene rings is 1. The van der Waals surface area contributed by atoms with E-state index in [1.165, 1.54) is 6.08 Å². The van der Waals surface area contributed by atoms with Gasteiger partial charge in [0.25, 0.3) is 0 Å². The third kappa shape index (κ3) is 3.17. The smallest absolute Gasteiger partial charge is 0.244 e. The van der Waals surface area contributed by atoms with Crippen LogP contribution >= 0.6 is 0 Å². The van der Waals surface area contributed by atoms with Crippen LogP contribution in [-0.4, -0.2) is 25.7 Å². The van der Waals surface area contributed by atoms with Crippen molar-refractivity contribution in [1.29, 1.82) is 0 Å². The van der Waals surface area contributed by atoms with Crippen LogP contribution in [0.15, 0.2) is 42.7 Å². The fourth-order valence-corrected chi connectivity index (χ4v) is 2.02. The lowest BCUT2D eigenvalue weighted by atomic mass is 10.3. The van der Waals surface area contributed by atoms with Crippen molar-refractivity contribution in [2.75, 3.05) is 0 Å². The summed E-state index contributed by atoms with van der Waals surface area (Å²) >= 11 is 0. The molecule has 0 bridgehead atoms. The molecule has 21 heavy (non-hydrogen) atoms. The van der Waals surface area contributed by atoms with Gasteiger partial charge in [-0.25, -0.2) is 4.98 Å². The van der Waals surface area contributed by atoms with E-state index in [1.807, 2.05) is 37.5 Å². The van der Waals surface area contributed by atoms with E-state index in [9.17, 15) is 4.79 Å². The second-order valence-electron chi connectivity index (χ2n) is 4.70. The molecule has 0 spiro atoms. The van der Waals surface area contributed by atoms with Gasteiger partial charge < -0.3 is 10.3 Å². The monoisotopic (exact) mass is 281 g/mol. The third-order valence-corrected chi connectivity index (χ3v) is 3.02. The molecule has 2 heterocycles. The Morgan fingerprint density at radius 2 is 2.29 bits per heavy atom. The summed E-state index contributed by atoms with van der Waals surface area (Å²) in [4.78, 5) is 19.3. The summed E-state index contributed by atoms with van der Waals surface area (Å²) in [5, 5.41) is 6.82. The molecule has 1 amide bonds. The summed E-state index contributed by atoms with van der Waals surface area (Å²) in [6.07, 6.45) is 6.74. The van der Waals surface area contributed by atoms with E-state index >= 15 is 0 Å². The molecule has 2 N–H and O–H groups in total. The van der Waals surface area contributed by atoms with Gasteiger partial charge in [0.2, 0.25) is 5.91 Å². The van der Waals surface area contributed by atoms with Gasteiger partial charge >= 0.3 is 0 Å². The van der Waals surface area contributed by atoms with E-state index in [1.54, 1.807) is 17.0 Å². The predicted molar refractivity (Wildman–Crippen MR) is 80.2 cm³/mol. The van der Waals surface area contributed by atoms with Crippen LogP contribution in [0.4, 0.5) is 0 Å². The van der Waals surface area contributed by atoms with Crippen molar-refractivity contribution in [1.82, 2.24) is 25.1 Å². The lowest BCUT2D eigenvalue weighted by molar-refractivity contribution is -0.116. The first-order chi connectivity index (χ1) is 10.2. The van der Waals surface area contributed by atoms with Crippen molar-refractivity contribution in [2.45, 2.75) is 6.54 Å². The summed E-state index contributed by atoms with van der Waals surface area (Å²) < 4.78 is 1.69. The zero-order chi connectivity index (χ0) is 14.7. The molecule has 0 radical (unpaired) electrons. The minimum atomic E-state index is -0.167. The first-order valence-electron chi connectivity index (χ1n) is 6.59. The molecule has 1 aromatic carbocycles. The summed E-state index contributed by atoms with van der Waals surface area (Å²) in [7, 11) is 1.83. The molecule has 0 saturated heterocycles. The molecule has 0 saturated carbocycles. The summed E-state index contributed by atoms with van der Waals surface area (Å²) in [6.45, 7) is 0.366. The number of hydrogen-bond donors (Lipinski definition) is 2. The summed E-state index contributed by atoms with van der Waals surface area (Å²) in [5.41, 5.74) is 2.75. The standard InChI is InChI=1S/C15H15N5O/c1-20-10-11(8-17-20)6-7-15(21)16-9-14-18-12-4-2-3-5-13(12)19-14/h2-8,10H,9H2,1H3,(H,16,21)(H,18,19). The Hall–Kier alpha value is -2.89. The number of nitrogens with zero attached hydrogens (tertiary/aromatic N) is 3. The highest BCUT2D eigenvalue weighted by molar-refractivity contribution is 5.91. The Bertz CT molecular complexity index is 766. The van der Waals surface area contributed by atoms with E-state index < -0.39 is 0 Å². The zero-order valence-electron chi connectivity index (χ0n) is 11.6. The summed E-state index contributed by atoms with van der Waals surface area (Å²) in [5.74, 6) is 0.568. The quantitative estimate of drug-likeness (QED) is 0.714. The average Bonchev–Trinajstić information content (AvgIpc) is 3.08. The maximum absolute atomic E-state index is 11.7. The van der Waals surface area contributed by atoms with Gasteiger partial charge in [-0.3, -0.25) is 9.48 Å². The van der Waals surface area contributed by atoms with Crippen molar-refractivity contribution in [3.8, 4) is 0 Å². The maximum atomic E-state index is 11.7. The van der Waals surface area contributed by atoms with E-state index in [2.05, 4.69) is 20.4 Å². The van der Waals surface area contributed by atoms with Crippen molar-refractivity contribution in [3.63, 3.8) is 0 Å². The van der Waals surface area contributed by atoms with E-state index in [-0.39, 0.29) is 5.91 Å². The lowest BCUT2D eigenvalue weighted by Crippen LogP contribution is -2.20. The van der Waals surface area contributed by atoms with Gasteiger partial charge in [0.1, 0.15) is 5.82 Å². The molecule has 0 aliphatic rings. The van der Waals surface area contributed by atoms with Gasteiger partial charge in [0.05, 0.1) is 23.8 Å². The minimum Gasteiger partial charge on any atom is -0.345 e. The van der Waals surface area contributed by atoms with Crippen LogP contribution < -0.4 is 5.32 Å². The number of fused-ring (bicyclic) bond motifs is 1. The number of amides is 1. The van der Waals surface area contributed by atoms with E-state index in [0.29, 0.717) is 6.54 Å². The fourth-order valence-electron chi connectivity index (χ4n) is 2.02. The van der Waals surface area contributed by atoms with Crippen molar-refractivity contribution >= 4 is 23.0 Å². The number of aromatic nitrogens is 4. The van der Waals surface area contributed by atoms with Crippen LogP contribution in [-0.2, 0) is 18.4 Å². The third-order valence-electron chi connectivity index (χ3n) is 3.02. The highest BCUT2D eigenvalue weighted by Gasteiger charge is 2.03. The van der Waals surface area contributed by atoms with Gasteiger partial charge in [-0.15, -0.1) is 0 Å². The van der Waals surface area contributed by atoms with Gasteiger partial charge in [0.15, 0.2) is 0 Å². The molecule has 106 valence electrons. The molecule has 2 aromatic heterocycles. The normalized spacial score (nSPS) is 11.3. The number of aromatic amines is 1. The van der Waals surface area contributed by atoms with Crippen molar-refractivity contribution in [2.24, 2.45) is 7.05 Å². The first kappa shape index (κ1) is 13.1. The molecule has 6 nitrogen and oxygen atoms in total. The van der Waals surface area contributed by atoms with Crippen LogP contribution in [0.3, 0.4) is 0 Å². The maximum Gasteiger partial charge on any atom is 0.244 e. The fraction of sp³-hybridized carbons (Fsp3) is 0.133. The van der Waals surface area contributed by atoms with Crippen LogP contribution in [0, 0.1) is 0 Å². The average molecular weight is 281 g/mol. The Kier molecular flexibility index (Phi) is 3.51. The molecule has 3 rings (SSSR count). The highest BCUT2D eigenvalue weighted by atomic mass is 16.1. The van der Waals surface area contributed by atoms with Gasteiger partial charge in [-0.05, 0) is 18.2 Å². The zero-order valence-corrected chi connectivity index (χ0v) is 11.6. The molecule has 0 aliphatic carbocycles. The van der Waals surface area contributed by atoms with Crippen LogP contribution in [0.5, 0.6) is 0 Å². The second-order valence-corrected chi connectivity index (χ2v) is 4.70. The first-order valence-corrected chi connectivity index (χ1v) is 6.59. The van der Waals surface area contributed by atoms with Gasteiger partial charge in [-0.1, -0.05) is 12.1 Å². The van der Waals surface area contributed by atoms with E-state index in [0.717, 1.165) is 22.4 Å². The topological polar surface area (TPSA) is 75.6 Å². The number of rotatable bonds is 4. The van der Waals surface area contributed by atoms with Gasteiger partial charge in [0, 0.05) is 24.9 Å². The number of aryl methyl sites for hydroxylation is 1. The number of para-hydroxylation sites is 2. The van der Waals surface area contributed by atoms with E-state index in [4.69, 9.17) is 0 Å². The molecular weight excluding hydrogens is 266 g/mol. The molecule has 0 atom stereocenters. The molecule has 3 aromatic rings. The molecule has 0 aliphatic heterocycles. The number of hydrogen-bond acceptors (Lipinski definition) is 3. The summed E-state index contributed by atoms with van der Waals surface area (Å²) in [6, 6.07) is 7.76. The number of imidazole rings is 1. The largest absolute Gasteiger partial charge is 0.345 e. The van der Waals surface area contributed by atoms with Crippen LogP contribution in [0.25, 0.3) is 17.1 Å². The Morgan fingerprint density at radius 1 is 1.43 bits per heavy atom. The number of carbonyl (C=O) groups excluding carboxylic acids is 1. The van der Waals surface area contributed by atoms with Crippen LogP contribution in [0.2, 0.25) is 0 Å². The predicted octanol–water partition coefficient (Wildman–Crippen LogP) is 1.63. The number of carbonyl (C=O) groups is 1. The van der Waals surface area contributed by atoms with Gasteiger partial charge in [-0.2, -0.15) is 5.10 Å². The highest BCUT2D eigenvalue weighted by Crippen LogP contribution is 2.09. The molecule has 0 fully saturated rings. The molecular formula is C15H15N5O. The Balaban J connectivity index is 1.59. The number of H-pyrrole nitrogens is 1. The minimum absolute atomic E-state index is 0.167. The molecule has 0 unspecified atom stereocenters. The lowest BCUT2D eigenvalue weighted by Gasteiger charge is -1.97. The van der Waals surface area contributed by atoms with Crippen molar-refractivity contribution in [3.05, 3.63) is 54.1 Å². The van der Waals surface area contributed by atoms with Crippen LogP contribution in [0.1, 0.15) is 11.4 Å². The Morgan fingerprint density at radius 3 is 3.05 bits per heavy atom. The van der Waals surface area contributed by atoms with Crippen molar-refractivity contribution < 1.29 is 4.79 Å². The molecule has 6 heteroatoms. The second kappa shape index (κ2) is 5.62. The Labute approximate surface area is 121 Å².